The van der Waals surface area contributed by atoms with Crippen LogP contribution in [0.4, 0.5) is 15.8 Å². The predicted octanol–water partition coefficient (Wildman–Crippen LogP) is 2.75. The van der Waals surface area contributed by atoms with Gasteiger partial charge in [-0.15, -0.1) is 0 Å². The van der Waals surface area contributed by atoms with Gasteiger partial charge in [0.25, 0.3) is 5.91 Å². The van der Waals surface area contributed by atoms with Crippen molar-refractivity contribution in [2.45, 2.75) is 12.5 Å². The Bertz CT molecular complexity index is 952. The number of nitrogens with one attached hydrogen (secondary N) is 1. The van der Waals surface area contributed by atoms with Crippen LogP contribution in [0.2, 0.25) is 5.02 Å². The molecule has 2 heterocycles. The third-order valence-electron chi connectivity index (χ3n) is 4.33. The van der Waals surface area contributed by atoms with Gasteiger partial charge in [0, 0.05) is 25.0 Å². The van der Waals surface area contributed by atoms with Gasteiger partial charge in [-0.2, -0.15) is 0 Å². The van der Waals surface area contributed by atoms with Crippen LogP contribution in [-0.4, -0.2) is 43.9 Å². The maximum atomic E-state index is 13.2. The van der Waals surface area contributed by atoms with Crippen molar-refractivity contribution >= 4 is 38.7 Å². The number of benzene rings is 1. The number of nitrogens with zero attached hydrogens (tertiary/aromatic N) is 2. The maximum absolute atomic E-state index is 13.2. The van der Waals surface area contributed by atoms with Crippen LogP contribution >= 0.6 is 11.6 Å². The summed E-state index contributed by atoms with van der Waals surface area (Å²) in [7, 11) is -1.23. The molecule has 26 heavy (non-hydrogen) atoms. The fourth-order valence-corrected chi connectivity index (χ4v) is 4.77. The number of carbonyl (C=O) groups excluding carboxylic acids is 1. The second-order valence-corrected chi connectivity index (χ2v) is 8.82. The summed E-state index contributed by atoms with van der Waals surface area (Å²) in [5.41, 5.74) is 1.31. The molecule has 1 fully saturated rings. The van der Waals surface area contributed by atoms with Crippen LogP contribution in [0.5, 0.6) is 0 Å². The van der Waals surface area contributed by atoms with E-state index in [1.54, 1.807) is 19.3 Å². The summed E-state index contributed by atoms with van der Waals surface area (Å²) < 4.78 is 36.5. The van der Waals surface area contributed by atoms with Crippen molar-refractivity contribution in [3.63, 3.8) is 0 Å². The first-order valence-corrected chi connectivity index (χ1v) is 10.1. The highest BCUT2D eigenvalue weighted by atomic mass is 35.5. The van der Waals surface area contributed by atoms with Gasteiger partial charge in [0.15, 0.2) is 9.84 Å². The first kappa shape index (κ1) is 18.6. The monoisotopic (exact) mass is 397 g/mol. The van der Waals surface area contributed by atoms with E-state index in [0.29, 0.717) is 23.4 Å². The van der Waals surface area contributed by atoms with Crippen LogP contribution in [-0.2, 0) is 9.84 Å². The lowest BCUT2D eigenvalue weighted by Gasteiger charge is -2.25. The molecule has 0 spiro atoms. The molecule has 1 unspecified atom stereocenters. The first-order valence-electron chi connectivity index (χ1n) is 7.90. The molecule has 1 atom stereocenters. The fraction of sp³-hybridized carbons (Fsp3) is 0.294. The Morgan fingerprint density at radius 2 is 2.12 bits per heavy atom. The SMILES string of the molecule is CN(c1cncc(C(=O)Nc2ccc(F)c(Cl)c2)c1)C1CCS(=O)(=O)C1. The Morgan fingerprint density at radius 3 is 2.77 bits per heavy atom. The lowest BCUT2D eigenvalue weighted by atomic mass is 10.2. The molecule has 1 aromatic carbocycles. The lowest BCUT2D eigenvalue weighted by Crippen LogP contribution is -2.32. The first-order chi connectivity index (χ1) is 12.2. The molecule has 1 saturated heterocycles. The standard InChI is InChI=1S/C17H17ClFN3O3S/c1-22(13-4-5-26(24,25)10-13)14-6-11(8-20-9-14)17(23)21-12-2-3-16(19)15(18)7-12/h2-3,6-9,13H,4-5,10H2,1H3,(H,21,23). The predicted molar refractivity (Wildman–Crippen MR) is 99.1 cm³/mol. The average molecular weight is 398 g/mol. The molecule has 6 nitrogen and oxygen atoms in total. The van der Waals surface area contributed by atoms with E-state index in [1.807, 2.05) is 4.90 Å². The molecule has 9 heteroatoms. The van der Waals surface area contributed by atoms with Gasteiger partial charge in [-0.25, -0.2) is 12.8 Å². The average Bonchev–Trinajstić information content (AvgIpc) is 2.97. The number of carbonyl (C=O) groups is 1. The van der Waals surface area contributed by atoms with E-state index in [-0.39, 0.29) is 22.6 Å². The normalized spacial score (nSPS) is 18.5. The van der Waals surface area contributed by atoms with Crippen molar-refractivity contribution < 1.29 is 17.6 Å². The van der Waals surface area contributed by atoms with Gasteiger partial charge in [0.05, 0.1) is 34.0 Å². The van der Waals surface area contributed by atoms with Gasteiger partial charge >= 0.3 is 0 Å². The second-order valence-electron chi connectivity index (χ2n) is 6.18. The summed E-state index contributed by atoms with van der Waals surface area (Å²) >= 11 is 5.71. The number of hydrogen-bond donors (Lipinski definition) is 1. The van der Waals surface area contributed by atoms with Gasteiger partial charge in [-0.3, -0.25) is 9.78 Å². The van der Waals surface area contributed by atoms with Crippen LogP contribution in [0, 0.1) is 5.82 Å². The van der Waals surface area contributed by atoms with Crippen LogP contribution in [0.3, 0.4) is 0 Å². The van der Waals surface area contributed by atoms with Crippen molar-refractivity contribution in [1.29, 1.82) is 0 Å². The van der Waals surface area contributed by atoms with Crippen molar-refractivity contribution in [2.24, 2.45) is 0 Å². The molecule has 0 bridgehead atoms. The van der Waals surface area contributed by atoms with E-state index in [4.69, 9.17) is 11.6 Å². The van der Waals surface area contributed by atoms with Crippen molar-refractivity contribution in [1.82, 2.24) is 4.98 Å². The van der Waals surface area contributed by atoms with Gasteiger partial charge < -0.3 is 10.2 Å². The molecule has 1 N–H and O–H groups in total. The second kappa shape index (κ2) is 7.20. The van der Waals surface area contributed by atoms with Crippen LogP contribution in [0.15, 0.2) is 36.7 Å². The third-order valence-corrected chi connectivity index (χ3v) is 6.37. The fourth-order valence-electron chi connectivity index (χ4n) is 2.81. The largest absolute Gasteiger partial charge is 0.369 e. The number of pyridine rings is 1. The molecule has 3 rings (SSSR count). The van der Waals surface area contributed by atoms with Gasteiger partial charge in [-0.05, 0) is 30.7 Å². The van der Waals surface area contributed by atoms with E-state index >= 15 is 0 Å². The Morgan fingerprint density at radius 1 is 1.35 bits per heavy atom. The number of sulfone groups is 1. The Kier molecular flexibility index (Phi) is 5.15. The summed E-state index contributed by atoms with van der Waals surface area (Å²) in [4.78, 5) is 18.3. The maximum Gasteiger partial charge on any atom is 0.257 e. The minimum atomic E-state index is -3.01. The quantitative estimate of drug-likeness (QED) is 0.858. The molecule has 1 aromatic heterocycles. The highest BCUT2D eigenvalue weighted by Crippen LogP contribution is 2.24. The minimum absolute atomic E-state index is 0.0862. The molecule has 1 aliphatic rings. The number of hydrogen-bond acceptors (Lipinski definition) is 5. The summed E-state index contributed by atoms with van der Waals surface area (Å²) in [6.45, 7) is 0. The number of anilines is 2. The van der Waals surface area contributed by atoms with E-state index in [9.17, 15) is 17.6 Å². The van der Waals surface area contributed by atoms with E-state index in [2.05, 4.69) is 10.3 Å². The molecule has 0 saturated carbocycles. The molecule has 138 valence electrons. The molecular formula is C17H17ClFN3O3S. The van der Waals surface area contributed by atoms with Crippen molar-refractivity contribution in [2.75, 3.05) is 28.8 Å². The summed E-state index contributed by atoms with van der Waals surface area (Å²) in [6, 6.07) is 5.39. The zero-order valence-electron chi connectivity index (χ0n) is 13.9. The number of rotatable bonds is 4. The highest BCUT2D eigenvalue weighted by Gasteiger charge is 2.31. The van der Waals surface area contributed by atoms with Crippen LogP contribution in [0.1, 0.15) is 16.8 Å². The van der Waals surface area contributed by atoms with Crippen molar-refractivity contribution in [3.8, 4) is 0 Å². The lowest BCUT2D eigenvalue weighted by molar-refractivity contribution is 0.102. The zero-order chi connectivity index (χ0) is 18.9. The summed E-state index contributed by atoms with van der Waals surface area (Å²) in [5, 5.41) is 2.54. The van der Waals surface area contributed by atoms with Crippen LogP contribution in [0.25, 0.3) is 0 Å². The Hall–Kier alpha value is -2.19. The molecule has 2 aromatic rings. The van der Waals surface area contributed by atoms with E-state index in [1.165, 1.54) is 24.4 Å². The molecular weight excluding hydrogens is 381 g/mol. The molecule has 1 amide bonds. The van der Waals surface area contributed by atoms with Gasteiger partial charge in [0.1, 0.15) is 5.82 Å². The third kappa shape index (κ3) is 4.13. The van der Waals surface area contributed by atoms with Gasteiger partial charge in [-0.1, -0.05) is 11.6 Å². The van der Waals surface area contributed by atoms with E-state index < -0.39 is 21.6 Å². The summed E-state index contributed by atoms with van der Waals surface area (Å²) in [6.07, 6.45) is 3.53. The zero-order valence-corrected chi connectivity index (χ0v) is 15.5. The van der Waals surface area contributed by atoms with Gasteiger partial charge in [0.2, 0.25) is 0 Å². The Balaban J connectivity index is 1.76. The number of aromatic nitrogens is 1. The molecule has 1 aliphatic heterocycles. The summed E-state index contributed by atoms with van der Waals surface area (Å²) in [5.74, 6) is -0.731. The smallest absolute Gasteiger partial charge is 0.257 e. The minimum Gasteiger partial charge on any atom is -0.369 e. The van der Waals surface area contributed by atoms with Crippen LogP contribution < -0.4 is 10.2 Å². The number of halogens is 2. The van der Waals surface area contributed by atoms with Crippen molar-refractivity contribution in [3.05, 3.63) is 53.1 Å². The Labute approximate surface area is 155 Å². The highest BCUT2D eigenvalue weighted by molar-refractivity contribution is 7.91. The molecule has 0 radical (unpaired) electrons. The number of amides is 1. The molecule has 0 aliphatic carbocycles. The topological polar surface area (TPSA) is 79.4 Å². The van der Waals surface area contributed by atoms with E-state index in [0.717, 1.165) is 0 Å².